The fourth-order valence-corrected chi connectivity index (χ4v) is 1.75. The topological polar surface area (TPSA) is 24.1 Å². The van der Waals surface area contributed by atoms with Gasteiger partial charge in [0.05, 0.1) is 6.10 Å². The van der Waals surface area contributed by atoms with Gasteiger partial charge in [0, 0.05) is 17.2 Å². The van der Waals surface area contributed by atoms with Gasteiger partial charge < -0.3 is 22.1 Å². The molecule has 0 amide bonds. The van der Waals surface area contributed by atoms with E-state index in [-0.39, 0.29) is 22.8 Å². The van der Waals surface area contributed by atoms with Crippen molar-refractivity contribution in [1.29, 1.82) is 0 Å². The maximum absolute atomic E-state index is 13.6. The molecule has 0 aliphatic heterocycles. The SMILES string of the molecule is CC(O)c1cc[n+](Cc2ccccc2)cc1F.[Br-]. The first-order chi connectivity index (χ1) is 8.16. The van der Waals surface area contributed by atoms with Gasteiger partial charge in [0.25, 0.3) is 0 Å². The monoisotopic (exact) mass is 311 g/mol. The summed E-state index contributed by atoms with van der Waals surface area (Å²) in [4.78, 5) is 0. The molecule has 4 heteroatoms. The van der Waals surface area contributed by atoms with Crippen molar-refractivity contribution in [3.8, 4) is 0 Å². The van der Waals surface area contributed by atoms with Crippen LogP contribution in [0.2, 0.25) is 0 Å². The van der Waals surface area contributed by atoms with Crippen LogP contribution >= 0.6 is 0 Å². The Kier molecular flexibility index (Phi) is 5.44. The third-order valence-electron chi connectivity index (χ3n) is 2.66. The van der Waals surface area contributed by atoms with Crippen LogP contribution < -0.4 is 21.5 Å². The molecule has 1 aromatic heterocycles. The number of hydrogen-bond acceptors (Lipinski definition) is 1. The van der Waals surface area contributed by atoms with E-state index >= 15 is 0 Å². The zero-order valence-electron chi connectivity index (χ0n) is 10.1. The summed E-state index contributed by atoms with van der Waals surface area (Å²) in [5.41, 5.74) is 1.44. The number of aromatic nitrogens is 1. The summed E-state index contributed by atoms with van der Waals surface area (Å²) in [6.45, 7) is 2.18. The zero-order valence-corrected chi connectivity index (χ0v) is 11.6. The lowest BCUT2D eigenvalue weighted by Gasteiger charge is -2.04. The zero-order chi connectivity index (χ0) is 12.3. The van der Waals surface area contributed by atoms with Crippen LogP contribution in [0.3, 0.4) is 0 Å². The van der Waals surface area contributed by atoms with Gasteiger partial charge in [0.2, 0.25) is 6.20 Å². The van der Waals surface area contributed by atoms with Gasteiger partial charge in [-0.05, 0) is 6.92 Å². The van der Waals surface area contributed by atoms with E-state index in [0.717, 1.165) is 5.56 Å². The molecule has 1 atom stereocenters. The highest BCUT2D eigenvalue weighted by atomic mass is 79.9. The molecule has 1 aromatic carbocycles. The second-order valence-corrected chi connectivity index (χ2v) is 4.08. The number of nitrogens with zero attached hydrogens (tertiary/aromatic N) is 1. The second-order valence-electron chi connectivity index (χ2n) is 4.08. The molecule has 1 N–H and O–H groups in total. The maximum atomic E-state index is 13.6. The molecule has 1 heterocycles. The number of benzene rings is 1. The summed E-state index contributed by atoms with van der Waals surface area (Å²) in [6.07, 6.45) is 2.41. The lowest BCUT2D eigenvalue weighted by Crippen LogP contribution is -3.00. The quantitative estimate of drug-likeness (QED) is 0.739. The van der Waals surface area contributed by atoms with Gasteiger partial charge in [0.15, 0.2) is 18.6 Å². The molecule has 0 bridgehead atoms. The van der Waals surface area contributed by atoms with Crippen molar-refractivity contribution in [1.82, 2.24) is 0 Å². The Bertz CT molecular complexity index is 502. The standard InChI is InChI=1S/C14H15FNO.BrH/c1-11(17)13-7-8-16(10-14(13)15)9-12-5-3-2-4-6-12;/h2-8,10-11,17H,9H2,1H3;1H/q+1;/p-1. The van der Waals surface area contributed by atoms with Crippen LogP contribution in [-0.2, 0) is 6.54 Å². The number of aliphatic hydroxyl groups is 1. The van der Waals surface area contributed by atoms with Crippen molar-refractivity contribution in [3.63, 3.8) is 0 Å². The molecule has 0 saturated heterocycles. The van der Waals surface area contributed by atoms with E-state index in [9.17, 15) is 9.50 Å². The minimum atomic E-state index is -0.777. The Morgan fingerprint density at radius 2 is 1.89 bits per heavy atom. The highest BCUT2D eigenvalue weighted by molar-refractivity contribution is 5.14. The van der Waals surface area contributed by atoms with Gasteiger partial charge in [0.1, 0.15) is 0 Å². The smallest absolute Gasteiger partial charge is 0.205 e. The summed E-state index contributed by atoms with van der Waals surface area (Å²) in [6, 6.07) is 11.5. The molecule has 0 aliphatic rings. The van der Waals surface area contributed by atoms with Crippen molar-refractivity contribution in [3.05, 3.63) is 65.7 Å². The van der Waals surface area contributed by atoms with Crippen molar-refractivity contribution in [2.45, 2.75) is 19.6 Å². The van der Waals surface area contributed by atoms with Crippen LogP contribution in [-0.4, -0.2) is 5.11 Å². The molecule has 0 spiro atoms. The third kappa shape index (κ3) is 3.62. The van der Waals surface area contributed by atoms with Gasteiger partial charge in [-0.3, -0.25) is 0 Å². The van der Waals surface area contributed by atoms with Crippen LogP contribution in [0, 0.1) is 5.82 Å². The van der Waals surface area contributed by atoms with E-state index in [0.29, 0.717) is 12.1 Å². The highest BCUT2D eigenvalue weighted by Gasteiger charge is 2.13. The molecule has 0 aliphatic carbocycles. The Labute approximate surface area is 116 Å². The molecule has 2 rings (SSSR count). The lowest BCUT2D eigenvalue weighted by molar-refractivity contribution is -0.689. The molecule has 18 heavy (non-hydrogen) atoms. The van der Waals surface area contributed by atoms with E-state index in [1.54, 1.807) is 23.8 Å². The lowest BCUT2D eigenvalue weighted by atomic mass is 10.1. The van der Waals surface area contributed by atoms with Crippen molar-refractivity contribution < 1.29 is 31.0 Å². The summed E-state index contributed by atoms with van der Waals surface area (Å²) in [5, 5.41) is 9.34. The van der Waals surface area contributed by atoms with Crippen molar-refractivity contribution >= 4 is 0 Å². The molecule has 1 unspecified atom stereocenters. The Morgan fingerprint density at radius 1 is 1.22 bits per heavy atom. The van der Waals surface area contributed by atoms with E-state index in [2.05, 4.69) is 0 Å². The average Bonchev–Trinajstić information content (AvgIpc) is 2.30. The Hall–Kier alpha value is -1.26. The van der Waals surface area contributed by atoms with Gasteiger partial charge in [-0.15, -0.1) is 0 Å². The van der Waals surface area contributed by atoms with Crippen LogP contribution in [0.4, 0.5) is 4.39 Å². The van der Waals surface area contributed by atoms with Gasteiger partial charge >= 0.3 is 0 Å². The summed E-state index contributed by atoms with van der Waals surface area (Å²) < 4.78 is 15.4. The number of aliphatic hydroxyl groups excluding tert-OH is 1. The van der Waals surface area contributed by atoms with Crippen LogP contribution in [0.15, 0.2) is 48.8 Å². The average molecular weight is 312 g/mol. The summed E-state index contributed by atoms with van der Waals surface area (Å²) in [5.74, 6) is -0.376. The van der Waals surface area contributed by atoms with Crippen LogP contribution in [0.5, 0.6) is 0 Å². The Balaban J connectivity index is 0.00000162. The fourth-order valence-electron chi connectivity index (χ4n) is 1.75. The van der Waals surface area contributed by atoms with E-state index < -0.39 is 6.10 Å². The molecule has 2 aromatic rings. The highest BCUT2D eigenvalue weighted by Crippen LogP contribution is 2.13. The first-order valence-corrected chi connectivity index (χ1v) is 5.57. The maximum Gasteiger partial charge on any atom is 0.205 e. The molecular formula is C14H15BrFNO. The minimum Gasteiger partial charge on any atom is -1.00 e. The van der Waals surface area contributed by atoms with E-state index in [4.69, 9.17) is 0 Å². The number of rotatable bonds is 3. The number of halogens is 2. The van der Waals surface area contributed by atoms with E-state index in [1.165, 1.54) is 6.20 Å². The van der Waals surface area contributed by atoms with E-state index in [1.807, 2.05) is 30.3 Å². The summed E-state index contributed by atoms with van der Waals surface area (Å²) in [7, 11) is 0. The van der Waals surface area contributed by atoms with Gasteiger partial charge in [-0.2, -0.15) is 8.96 Å². The fraction of sp³-hybridized carbons (Fsp3) is 0.214. The first kappa shape index (κ1) is 14.8. The van der Waals surface area contributed by atoms with Crippen molar-refractivity contribution in [2.24, 2.45) is 0 Å². The molecule has 96 valence electrons. The molecule has 0 fully saturated rings. The van der Waals surface area contributed by atoms with Crippen LogP contribution in [0.1, 0.15) is 24.2 Å². The summed E-state index contributed by atoms with van der Waals surface area (Å²) >= 11 is 0. The third-order valence-corrected chi connectivity index (χ3v) is 2.66. The number of pyridine rings is 1. The predicted octanol–water partition coefficient (Wildman–Crippen LogP) is -0.781. The predicted molar refractivity (Wildman–Crippen MR) is 62.8 cm³/mol. The van der Waals surface area contributed by atoms with Gasteiger partial charge in [-0.1, -0.05) is 30.3 Å². The molecular weight excluding hydrogens is 297 g/mol. The molecule has 2 nitrogen and oxygen atoms in total. The molecule has 0 saturated carbocycles. The van der Waals surface area contributed by atoms with Gasteiger partial charge in [-0.25, -0.2) is 0 Å². The molecule has 0 radical (unpaired) electrons. The van der Waals surface area contributed by atoms with Crippen molar-refractivity contribution in [2.75, 3.05) is 0 Å². The number of hydrogen-bond donors (Lipinski definition) is 1. The first-order valence-electron chi connectivity index (χ1n) is 5.57. The second kappa shape index (κ2) is 6.61. The normalized spacial score (nSPS) is 11.7. The Morgan fingerprint density at radius 3 is 2.44 bits per heavy atom. The minimum absolute atomic E-state index is 0. The van der Waals surface area contributed by atoms with Crippen LogP contribution in [0.25, 0.3) is 0 Å². The largest absolute Gasteiger partial charge is 1.00 e.